The Balaban J connectivity index is 2.28. The van der Waals surface area contributed by atoms with Crippen LogP contribution in [0.4, 0.5) is 5.69 Å². The van der Waals surface area contributed by atoms with Crippen molar-refractivity contribution in [2.24, 2.45) is 5.92 Å². The van der Waals surface area contributed by atoms with E-state index in [0.29, 0.717) is 10.8 Å². The van der Waals surface area contributed by atoms with Gasteiger partial charge in [0.05, 0.1) is 11.0 Å². The average molecular weight is 265 g/mol. The SMILES string of the molecule is CC(C)C(Sc1nc2ccc(N)cc2[nH]1)C(=O)O. The van der Waals surface area contributed by atoms with Gasteiger partial charge in [-0.25, -0.2) is 4.98 Å². The van der Waals surface area contributed by atoms with Gasteiger partial charge in [-0.05, 0) is 24.1 Å². The molecule has 2 rings (SSSR count). The molecule has 0 radical (unpaired) electrons. The molecule has 0 aliphatic carbocycles. The van der Waals surface area contributed by atoms with E-state index in [0.717, 1.165) is 11.0 Å². The molecule has 0 spiro atoms. The number of nitrogens with two attached hydrogens (primary N) is 1. The molecule has 96 valence electrons. The standard InChI is InChI=1S/C12H15N3O2S/c1-6(2)10(11(16)17)18-12-14-8-4-3-7(13)5-9(8)15-12/h3-6,10H,13H2,1-2H3,(H,14,15)(H,16,17). The average Bonchev–Trinajstić information content (AvgIpc) is 2.66. The van der Waals surface area contributed by atoms with E-state index >= 15 is 0 Å². The summed E-state index contributed by atoms with van der Waals surface area (Å²) in [6, 6.07) is 5.38. The molecule has 1 aromatic carbocycles. The lowest BCUT2D eigenvalue weighted by Gasteiger charge is -2.13. The zero-order chi connectivity index (χ0) is 13.3. The quantitative estimate of drug-likeness (QED) is 0.583. The molecule has 0 bridgehead atoms. The summed E-state index contributed by atoms with van der Waals surface area (Å²) in [5.74, 6) is -0.791. The van der Waals surface area contributed by atoms with Crippen molar-refractivity contribution in [3.8, 4) is 0 Å². The second-order valence-corrected chi connectivity index (χ2v) is 5.57. The van der Waals surface area contributed by atoms with Crippen LogP contribution in [0.15, 0.2) is 23.4 Å². The first-order valence-corrected chi connectivity index (χ1v) is 6.50. The highest BCUT2D eigenvalue weighted by Crippen LogP contribution is 2.28. The number of imidazole rings is 1. The van der Waals surface area contributed by atoms with Crippen LogP contribution in [0, 0.1) is 5.92 Å². The molecule has 5 nitrogen and oxygen atoms in total. The number of fused-ring (bicyclic) bond motifs is 1. The van der Waals surface area contributed by atoms with E-state index in [1.54, 1.807) is 12.1 Å². The molecule has 4 N–H and O–H groups in total. The first-order chi connectivity index (χ1) is 8.47. The lowest BCUT2D eigenvalue weighted by Crippen LogP contribution is -2.22. The summed E-state index contributed by atoms with van der Waals surface area (Å²) >= 11 is 1.23. The Morgan fingerprint density at radius 3 is 2.83 bits per heavy atom. The Kier molecular flexibility index (Phi) is 3.47. The molecule has 2 aromatic rings. The summed E-state index contributed by atoms with van der Waals surface area (Å²) in [7, 11) is 0. The van der Waals surface area contributed by atoms with Crippen molar-refractivity contribution >= 4 is 34.5 Å². The minimum absolute atomic E-state index is 0.0331. The van der Waals surface area contributed by atoms with Crippen LogP contribution in [0.5, 0.6) is 0 Å². The molecule has 0 saturated carbocycles. The highest BCUT2D eigenvalue weighted by molar-refractivity contribution is 8.00. The number of aromatic amines is 1. The highest BCUT2D eigenvalue weighted by Gasteiger charge is 2.24. The Labute approximate surface area is 109 Å². The number of carboxylic acids is 1. The van der Waals surface area contributed by atoms with Gasteiger partial charge in [0.25, 0.3) is 0 Å². The van der Waals surface area contributed by atoms with Crippen molar-refractivity contribution in [3.05, 3.63) is 18.2 Å². The summed E-state index contributed by atoms with van der Waals surface area (Å²) in [6.45, 7) is 3.76. The minimum Gasteiger partial charge on any atom is -0.480 e. The van der Waals surface area contributed by atoms with Crippen molar-refractivity contribution in [2.75, 3.05) is 5.73 Å². The maximum absolute atomic E-state index is 11.1. The number of carboxylic acid groups (broad SMARTS) is 1. The van der Waals surface area contributed by atoms with Crippen LogP contribution in [-0.2, 0) is 4.79 Å². The highest BCUT2D eigenvalue weighted by atomic mass is 32.2. The predicted molar refractivity (Wildman–Crippen MR) is 72.6 cm³/mol. The maximum Gasteiger partial charge on any atom is 0.317 e. The van der Waals surface area contributed by atoms with Crippen LogP contribution in [0.25, 0.3) is 11.0 Å². The van der Waals surface area contributed by atoms with Gasteiger partial charge in [0.15, 0.2) is 5.16 Å². The second-order valence-electron chi connectivity index (χ2n) is 4.44. The van der Waals surface area contributed by atoms with Crippen molar-refractivity contribution in [1.29, 1.82) is 0 Å². The largest absolute Gasteiger partial charge is 0.480 e. The second kappa shape index (κ2) is 4.89. The number of hydrogen-bond acceptors (Lipinski definition) is 4. The summed E-state index contributed by atoms with van der Waals surface area (Å²) < 4.78 is 0. The van der Waals surface area contributed by atoms with Crippen LogP contribution in [0.1, 0.15) is 13.8 Å². The van der Waals surface area contributed by atoms with Crippen LogP contribution in [-0.4, -0.2) is 26.3 Å². The topological polar surface area (TPSA) is 92.0 Å². The number of H-pyrrole nitrogens is 1. The van der Waals surface area contributed by atoms with Gasteiger partial charge in [0.1, 0.15) is 5.25 Å². The number of hydrogen-bond donors (Lipinski definition) is 3. The third-order valence-corrected chi connectivity index (χ3v) is 3.99. The van der Waals surface area contributed by atoms with E-state index in [9.17, 15) is 4.79 Å². The number of nitrogens with one attached hydrogen (secondary N) is 1. The van der Waals surface area contributed by atoms with Gasteiger partial charge < -0.3 is 15.8 Å². The van der Waals surface area contributed by atoms with E-state index in [-0.39, 0.29) is 5.92 Å². The first-order valence-electron chi connectivity index (χ1n) is 5.62. The number of thioether (sulfide) groups is 1. The van der Waals surface area contributed by atoms with Gasteiger partial charge in [-0.3, -0.25) is 4.79 Å². The van der Waals surface area contributed by atoms with Crippen LogP contribution in [0.3, 0.4) is 0 Å². The predicted octanol–water partition coefficient (Wildman–Crippen LogP) is 2.35. The number of nitrogens with zero attached hydrogens (tertiary/aromatic N) is 1. The van der Waals surface area contributed by atoms with E-state index in [1.165, 1.54) is 11.8 Å². The fourth-order valence-corrected chi connectivity index (χ4v) is 2.58. The molecule has 6 heteroatoms. The summed E-state index contributed by atoms with van der Waals surface area (Å²) in [6.07, 6.45) is 0. The van der Waals surface area contributed by atoms with Crippen LogP contribution in [0.2, 0.25) is 0 Å². The molecule has 0 fully saturated rings. The molecule has 1 atom stereocenters. The number of benzene rings is 1. The van der Waals surface area contributed by atoms with E-state index in [2.05, 4.69) is 9.97 Å². The van der Waals surface area contributed by atoms with E-state index in [4.69, 9.17) is 10.8 Å². The molecule has 18 heavy (non-hydrogen) atoms. The number of rotatable bonds is 4. The lowest BCUT2D eigenvalue weighted by molar-refractivity contribution is -0.137. The fourth-order valence-electron chi connectivity index (χ4n) is 1.65. The summed E-state index contributed by atoms with van der Waals surface area (Å²) in [5, 5.41) is 9.24. The molecular formula is C12H15N3O2S. The molecule has 0 saturated heterocycles. The Morgan fingerprint density at radius 2 is 2.22 bits per heavy atom. The first kappa shape index (κ1) is 12.8. The molecule has 0 amide bonds. The monoisotopic (exact) mass is 265 g/mol. The maximum atomic E-state index is 11.1. The number of carbonyl (C=O) groups is 1. The fraction of sp³-hybridized carbons (Fsp3) is 0.333. The number of aromatic nitrogens is 2. The number of anilines is 1. The Hall–Kier alpha value is -1.69. The van der Waals surface area contributed by atoms with Crippen molar-refractivity contribution < 1.29 is 9.90 Å². The Morgan fingerprint density at radius 1 is 1.50 bits per heavy atom. The summed E-state index contributed by atoms with van der Waals surface area (Å²) in [4.78, 5) is 18.6. The third kappa shape index (κ3) is 2.59. The van der Waals surface area contributed by atoms with E-state index < -0.39 is 11.2 Å². The third-order valence-electron chi connectivity index (χ3n) is 2.57. The van der Waals surface area contributed by atoms with Crippen LogP contribution < -0.4 is 5.73 Å². The van der Waals surface area contributed by atoms with Gasteiger partial charge in [0.2, 0.25) is 0 Å². The van der Waals surface area contributed by atoms with Gasteiger partial charge >= 0.3 is 5.97 Å². The smallest absolute Gasteiger partial charge is 0.317 e. The zero-order valence-electron chi connectivity index (χ0n) is 10.2. The molecule has 1 aromatic heterocycles. The van der Waals surface area contributed by atoms with Crippen molar-refractivity contribution in [2.45, 2.75) is 24.3 Å². The van der Waals surface area contributed by atoms with Gasteiger partial charge in [-0.2, -0.15) is 0 Å². The molecular weight excluding hydrogens is 250 g/mol. The van der Waals surface area contributed by atoms with Crippen LogP contribution >= 0.6 is 11.8 Å². The molecule has 1 unspecified atom stereocenters. The summed E-state index contributed by atoms with van der Waals surface area (Å²) in [5.41, 5.74) is 7.95. The van der Waals surface area contributed by atoms with Gasteiger partial charge in [-0.1, -0.05) is 25.6 Å². The normalized spacial score (nSPS) is 13.1. The van der Waals surface area contributed by atoms with Gasteiger partial charge in [0, 0.05) is 5.69 Å². The van der Waals surface area contributed by atoms with E-state index in [1.807, 2.05) is 19.9 Å². The minimum atomic E-state index is -0.824. The molecule has 1 heterocycles. The lowest BCUT2D eigenvalue weighted by atomic mass is 10.1. The number of nitrogen functional groups attached to an aromatic ring is 1. The zero-order valence-corrected chi connectivity index (χ0v) is 11.0. The van der Waals surface area contributed by atoms with Crippen molar-refractivity contribution in [1.82, 2.24) is 9.97 Å². The van der Waals surface area contributed by atoms with Gasteiger partial charge in [-0.15, -0.1) is 0 Å². The Bertz CT molecular complexity index is 580. The molecule has 0 aliphatic heterocycles. The van der Waals surface area contributed by atoms with Crippen molar-refractivity contribution in [3.63, 3.8) is 0 Å². The molecule has 0 aliphatic rings. The number of aliphatic carboxylic acids is 1.